The number of ether oxygens (including phenoxy) is 1. The molecule has 0 bridgehead atoms. The molecule has 0 fully saturated rings. The lowest BCUT2D eigenvalue weighted by atomic mass is 9.77. The Morgan fingerprint density at radius 1 is 1.43 bits per heavy atom. The Morgan fingerprint density at radius 2 is 2.10 bits per heavy atom. The van der Waals surface area contributed by atoms with Crippen molar-refractivity contribution in [3.63, 3.8) is 0 Å². The first-order valence-corrected chi connectivity index (χ1v) is 6.38. The first-order chi connectivity index (χ1) is 9.79. The molecule has 7 nitrogen and oxygen atoms in total. The zero-order valence-corrected chi connectivity index (χ0v) is 12.0. The van der Waals surface area contributed by atoms with E-state index in [1.165, 1.54) is 11.0 Å². The average molecular weight is 293 g/mol. The van der Waals surface area contributed by atoms with E-state index in [9.17, 15) is 14.6 Å². The summed E-state index contributed by atoms with van der Waals surface area (Å²) < 4.78 is 10.4. The molecular formula is C13H16BNO6. The van der Waals surface area contributed by atoms with E-state index in [0.717, 1.165) is 0 Å². The molecule has 1 aliphatic rings. The van der Waals surface area contributed by atoms with Crippen molar-refractivity contribution in [2.24, 2.45) is 0 Å². The molecule has 0 saturated carbocycles. The van der Waals surface area contributed by atoms with Crippen LogP contribution in [0.3, 0.4) is 0 Å². The van der Waals surface area contributed by atoms with Gasteiger partial charge in [0.2, 0.25) is 0 Å². The maximum atomic E-state index is 11.5. The van der Waals surface area contributed by atoms with E-state index < -0.39 is 25.3 Å². The number of carbonyl (C=O) groups excluding carboxylic acids is 1. The second-order valence-corrected chi connectivity index (χ2v) is 5.08. The van der Waals surface area contributed by atoms with Gasteiger partial charge in [-0.2, -0.15) is 0 Å². The Hall–Kier alpha value is -2.06. The van der Waals surface area contributed by atoms with Crippen LogP contribution in [0.4, 0.5) is 4.79 Å². The number of carbonyl (C=O) groups is 2. The minimum absolute atomic E-state index is 0.234. The lowest BCUT2D eigenvalue weighted by Crippen LogP contribution is -2.30. The van der Waals surface area contributed by atoms with E-state index in [2.05, 4.69) is 0 Å². The van der Waals surface area contributed by atoms with Crippen molar-refractivity contribution < 1.29 is 29.1 Å². The Bertz CT molecular complexity index is 588. The van der Waals surface area contributed by atoms with E-state index in [0.29, 0.717) is 16.6 Å². The molecule has 112 valence electrons. The molecule has 0 aromatic heterocycles. The molecule has 0 saturated heterocycles. The van der Waals surface area contributed by atoms with Gasteiger partial charge in [-0.25, -0.2) is 4.79 Å². The highest BCUT2D eigenvalue weighted by Crippen LogP contribution is 2.31. The van der Waals surface area contributed by atoms with Crippen molar-refractivity contribution in [2.45, 2.75) is 19.4 Å². The van der Waals surface area contributed by atoms with Crippen molar-refractivity contribution in [3.8, 4) is 5.75 Å². The van der Waals surface area contributed by atoms with Crippen LogP contribution in [-0.2, 0) is 9.45 Å². The molecular weight excluding hydrogens is 277 g/mol. The number of nitrogens with zero attached hydrogens (tertiary/aromatic N) is 1. The molecule has 1 unspecified atom stereocenters. The first-order valence-electron chi connectivity index (χ1n) is 6.38. The highest BCUT2D eigenvalue weighted by molar-refractivity contribution is 6.62. The van der Waals surface area contributed by atoms with Crippen LogP contribution in [0.2, 0.25) is 0 Å². The Labute approximate surface area is 122 Å². The SMILES string of the molecule is Cc1cc(OC(=O)N(C)C)cc2c1C(CC(=O)O)OB2O. The molecule has 1 amide bonds. The quantitative estimate of drug-likeness (QED) is 0.778. The summed E-state index contributed by atoms with van der Waals surface area (Å²) in [4.78, 5) is 23.7. The van der Waals surface area contributed by atoms with Gasteiger partial charge in [0.25, 0.3) is 0 Å². The van der Waals surface area contributed by atoms with Crippen LogP contribution in [0.15, 0.2) is 12.1 Å². The normalized spacial score (nSPS) is 16.6. The van der Waals surface area contributed by atoms with Gasteiger partial charge in [-0.05, 0) is 35.6 Å². The molecule has 21 heavy (non-hydrogen) atoms. The van der Waals surface area contributed by atoms with E-state index in [-0.39, 0.29) is 12.2 Å². The molecule has 2 N–H and O–H groups in total. The average Bonchev–Trinajstić information content (AvgIpc) is 2.65. The van der Waals surface area contributed by atoms with Crippen molar-refractivity contribution >= 4 is 24.6 Å². The van der Waals surface area contributed by atoms with Gasteiger partial charge >= 0.3 is 19.2 Å². The molecule has 1 atom stereocenters. The number of carboxylic acid groups (broad SMARTS) is 1. The summed E-state index contributed by atoms with van der Waals surface area (Å²) in [6, 6.07) is 3.12. The third-order valence-electron chi connectivity index (χ3n) is 3.20. The number of aliphatic carboxylic acids is 1. The Kier molecular flexibility index (Phi) is 4.20. The fourth-order valence-corrected chi connectivity index (χ4v) is 2.29. The summed E-state index contributed by atoms with van der Waals surface area (Å²) in [5, 5.41) is 18.8. The van der Waals surface area contributed by atoms with Gasteiger partial charge in [0.1, 0.15) is 5.75 Å². The summed E-state index contributed by atoms with van der Waals surface area (Å²) in [5.41, 5.74) is 1.77. The van der Waals surface area contributed by atoms with Gasteiger partial charge in [-0.15, -0.1) is 0 Å². The summed E-state index contributed by atoms with van der Waals surface area (Å²) in [5.74, 6) is -0.730. The molecule has 1 heterocycles. The van der Waals surface area contributed by atoms with Crippen LogP contribution in [-0.4, -0.2) is 48.3 Å². The zero-order chi connectivity index (χ0) is 15.7. The fourth-order valence-electron chi connectivity index (χ4n) is 2.29. The number of hydrogen-bond acceptors (Lipinski definition) is 5. The second-order valence-electron chi connectivity index (χ2n) is 5.08. The second kappa shape index (κ2) is 5.75. The molecule has 8 heteroatoms. The van der Waals surface area contributed by atoms with Crippen LogP contribution in [0.5, 0.6) is 5.75 Å². The van der Waals surface area contributed by atoms with Gasteiger partial charge in [-0.1, -0.05) is 0 Å². The van der Waals surface area contributed by atoms with Crippen molar-refractivity contribution in [2.75, 3.05) is 14.1 Å². The van der Waals surface area contributed by atoms with Crippen LogP contribution in [0.25, 0.3) is 0 Å². The van der Waals surface area contributed by atoms with Crippen LogP contribution in [0.1, 0.15) is 23.7 Å². The number of aryl methyl sites for hydroxylation is 1. The number of carboxylic acids is 1. The summed E-state index contributed by atoms with van der Waals surface area (Å²) in [6.07, 6.45) is -1.47. The van der Waals surface area contributed by atoms with Gasteiger partial charge in [0.15, 0.2) is 0 Å². The Morgan fingerprint density at radius 3 is 2.67 bits per heavy atom. The molecule has 0 radical (unpaired) electrons. The van der Waals surface area contributed by atoms with E-state index in [1.807, 2.05) is 0 Å². The van der Waals surface area contributed by atoms with Gasteiger partial charge in [-0.3, -0.25) is 4.79 Å². The lowest BCUT2D eigenvalue weighted by molar-refractivity contribution is -0.138. The third-order valence-corrected chi connectivity index (χ3v) is 3.20. The first kappa shape index (κ1) is 15.3. The molecule has 0 aliphatic carbocycles. The predicted molar refractivity (Wildman–Crippen MR) is 74.6 cm³/mol. The Balaban J connectivity index is 2.33. The predicted octanol–water partition coefficient (Wildman–Crippen LogP) is 0.289. The topological polar surface area (TPSA) is 96.3 Å². The van der Waals surface area contributed by atoms with E-state index >= 15 is 0 Å². The van der Waals surface area contributed by atoms with Crippen LogP contribution >= 0.6 is 0 Å². The number of benzene rings is 1. The molecule has 1 aliphatic heterocycles. The zero-order valence-electron chi connectivity index (χ0n) is 12.0. The van der Waals surface area contributed by atoms with Crippen molar-refractivity contribution in [1.82, 2.24) is 4.90 Å². The van der Waals surface area contributed by atoms with Crippen LogP contribution < -0.4 is 10.2 Å². The van der Waals surface area contributed by atoms with Crippen molar-refractivity contribution in [1.29, 1.82) is 0 Å². The minimum Gasteiger partial charge on any atom is -0.481 e. The molecule has 1 aromatic rings. The van der Waals surface area contributed by atoms with Gasteiger partial charge in [0, 0.05) is 14.1 Å². The lowest BCUT2D eigenvalue weighted by Gasteiger charge is -2.14. The summed E-state index contributed by atoms with van der Waals surface area (Å²) in [7, 11) is 1.90. The van der Waals surface area contributed by atoms with E-state index in [4.69, 9.17) is 14.5 Å². The van der Waals surface area contributed by atoms with Crippen molar-refractivity contribution in [3.05, 3.63) is 23.3 Å². The highest BCUT2D eigenvalue weighted by Gasteiger charge is 2.38. The number of rotatable bonds is 3. The van der Waals surface area contributed by atoms with E-state index in [1.54, 1.807) is 27.1 Å². The third kappa shape index (κ3) is 3.17. The molecule has 1 aromatic carbocycles. The monoisotopic (exact) mass is 293 g/mol. The fraction of sp³-hybridized carbons (Fsp3) is 0.385. The highest BCUT2D eigenvalue weighted by atomic mass is 16.6. The molecule has 2 rings (SSSR count). The number of amides is 1. The maximum absolute atomic E-state index is 11.5. The number of fused-ring (bicyclic) bond motifs is 1. The smallest absolute Gasteiger partial charge is 0.481 e. The minimum atomic E-state index is -1.22. The largest absolute Gasteiger partial charge is 0.492 e. The summed E-state index contributed by atoms with van der Waals surface area (Å²) >= 11 is 0. The van der Waals surface area contributed by atoms with Crippen LogP contribution in [0, 0.1) is 6.92 Å². The molecule has 0 spiro atoms. The van der Waals surface area contributed by atoms with Gasteiger partial charge in [0.05, 0.1) is 12.5 Å². The maximum Gasteiger partial charge on any atom is 0.492 e. The van der Waals surface area contributed by atoms with Gasteiger partial charge < -0.3 is 24.4 Å². The standard InChI is InChI=1S/C13H16BNO6/c1-7-4-8(20-13(18)15(2)3)5-9-12(7)10(6-11(16)17)21-14(9)19/h4-5,10,19H,6H2,1-3H3,(H,16,17). The summed E-state index contributed by atoms with van der Waals surface area (Å²) in [6.45, 7) is 1.75. The number of hydrogen-bond donors (Lipinski definition) is 2.